The molecule has 1 heterocycles. The molecule has 39 heavy (non-hydrogen) atoms. The van der Waals surface area contributed by atoms with Gasteiger partial charge in [0, 0.05) is 47.9 Å². The first-order chi connectivity index (χ1) is 18.5. The minimum atomic E-state index is -4.06. The van der Waals surface area contributed by atoms with Gasteiger partial charge in [0.2, 0.25) is 26.0 Å². The number of benzene rings is 3. The van der Waals surface area contributed by atoms with Crippen molar-refractivity contribution in [3.8, 4) is 0 Å². The Bertz CT molecular complexity index is 1530. The molecule has 1 N–H and O–H groups in total. The van der Waals surface area contributed by atoms with Crippen molar-refractivity contribution >= 4 is 59.2 Å². The predicted octanol–water partition coefficient (Wildman–Crippen LogP) is 3.87. The van der Waals surface area contributed by atoms with Crippen LogP contribution in [0.4, 0.5) is 5.69 Å². The third kappa shape index (κ3) is 7.26. The number of carbonyl (C=O) groups excluding carboxylic acids is 1. The first kappa shape index (κ1) is 29.7. The lowest BCUT2D eigenvalue weighted by molar-refractivity contribution is -0.116. The number of piperazine rings is 1. The van der Waals surface area contributed by atoms with E-state index in [2.05, 4.69) is 26.1 Å². The number of hydrogen-bond acceptors (Lipinski definition) is 6. The molecule has 0 saturated carbocycles. The normalized spacial score (nSPS) is 15.4. The minimum absolute atomic E-state index is 0.0315. The lowest BCUT2D eigenvalue weighted by Gasteiger charge is -2.31. The number of anilines is 1. The largest absolute Gasteiger partial charge is 0.325 e. The summed E-state index contributed by atoms with van der Waals surface area (Å²) in [4.78, 5) is 15.2. The number of rotatable bonds is 9. The highest BCUT2D eigenvalue weighted by Crippen LogP contribution is 2.24. The van der Waals surface area contributed by atoms with Crippen LogP contribution in [0.1, 0.15) is 5.56 Å². The van der Waals surface area contributed by atoms with Crippen molar-refractivity contribution in [3.63, 3.8) is 0 Å². The Balaban J connectivity index is 1.51. The lowest BCUT2D eigenvalue weighted by atomic mass is 10.2. The molecule has 3 aromatic carbocycles. The summed E-state index contributed by atoms with van der Waals surface area (Å²) < 4.78 is 56.1. The topological polar surface area (TPSA) is 107 Å². The van der Waals surface area contributed by atoms with E-state index in [-0.39, 0.29) is 16.3 Å². The van der Waals surface area contributed by atoms with Gasteiger partial charge < -0.3 is 10.2 Å². The van der Waals surface area contributed by atoms with E-state index < -0.39 is 32.5 Å². The summed E-state index contributed by atoms with van der Waals surface area (Å²) in [6, 6.07) is 18.8. The average Bonchev–Trinajstić information content (AvgIpc) is 2.90. The van der Waals surface area contributed by atoms with Gasteiger partial charge in [-0.1, -0.05) is 45.7 Å². The number of sulfonamides is 2. The summed E-state index contributed by atoms with van der Waals surface area (Å²) in [5.74, 6) is -0.586. The molecule has 0 unspecified atom stereocenters. The van der Waals surface area contributed by atoms with Gasteiger partial charge in [0.25, 0.3) is 0 Å². The fourth-order valence-electron chi connectivity index (χ4n) is 4.05. The van der Waals surface area contributed by atoms with E-state index in [1.54, 1.807) is 36.4 Å². The maximum atomic E-state index is 13.5. The number of amides is 1. The molecule has 208 valence electrons. The fraction of sp³-hybridized carbons (Fsp3) is 0.269. The SMILES string of the molecule is CN1CCN(S(=O)(=O)c2ccc(NC(=O)CN(Cc3ccccc3Cl)S(=O)(=O)c3ccc(Br)cc3)cc2)CC1. The van der Waals surface area contributed by atoms with Crippen LogP contribution < -0.4 is 5.32 Å². The monoisotopic (exact) mass is 654 g/mol. The van der Waals surface area contributed by atoms with Gasteiger partial charge in [-0.25, -0.2) is 16.8 Å². The molecule has 0 radical (unpaired) electrons. The number of likely N-dealkylation sites (N-methyl/N-ethyl adjacent to an activating group) is 1. The summed E-state index contributed by atoms with van der Waals surface area (Å²) in [6.45, 7) is 1.53. The van der Waals surface area contributed by atoms with Gasteiger partial charge in [0.05, 0.1) is 16.3 Å². The second kappa shape index (κ2) is 12.5. The summed E-state index contributed by atoms with van der Waals surface area (Å²) >= 11 is 9.58. The van der Waals surface area contributed by atoms with E-state index in [9.17, 15) is 21.6 Å². The Labute approximate surface area is 242 Å². The van der Waals surface area contributed by atoms with Crippen molar-refractivity contribution in [1.29, 1.82) is 0 Å². The Morgan fingerprint density at radius 1 is 0.897 bits per heavy atom. The van der Waals surface area contributed by atoms with Gasteiger partial charge in [-0.3, -0.25) is 4.79 Å². The van der Waals surface area contributed by atoms with Crippen LogP contribution in [0.2, 0.25) is 5.02 Å². The van der Waals surface area contributed by atoms with Crippen LogP contribution in [-0.2, 0) is 31.4 Å². The molecule has 1 fully saturated rings. The molecular weight excluding hydrogens is 628 g/mol. The summed E-state index contributed by atoms with van der Waals surface area (Å²) in [5.41, 5.74) is 0.891. The first-order valence-corrected chi connectivity index (χ1v) is 16.1. The molecule has 1 saturated heterocycles. The maximum Gasteiger partial charge on any atom is 0.243 e. The zero-order valence-corrected chi connectivity index (χ0v) is 25.1. The van der Waals surface area contributed by atoms with Gasteiger partial charge in [-0.05, 0) is 67.2 Å². The Kier molecular flexibility index (Phi) is 9.48. The van der Waals surface area contributed by atoms with Crippen LogP contribution in [0.15, 0.2) is 87.1 Å². The van der Waals surface area contributed by atoms with Gasteiger partial charge in [-0.2, -0.15) is 8.61 Å². The first-order valence-electron chi connectivity index (χ1n) is 12.0. The summed E-state index contributed by atoms with van der Waals surface area (Å²) in [6.07, 6.45) is 0. The van der Waals surface area contributed by atoms with Crippen LogP contribution in [0.5, 0.6) is 0 Å². The van der Waals surface area contributed by atoms with E-state index in [0.29, 0.717) is 42.5 Å². The van der Waals surface area contributed by atoms with Gasteiger partial charge in [0.15, 0.2) is 0 Å². The number of carbonyl (C=O) groups is 1. The molecule has 13 heteroatoms. The molecule has 3 aromatic rings. The van der Waals surface area contributed by atoms with E-state index in [4.69, 9.17) is 11.6 Å². The lowest BCUT2D eigenvalue weighted by Crippen LogP contribution is -2.46. The maximum absolute atomic E-state index is 13.5. The molecule has 0 bridgehead atoms. The van der Waals surface area contributed by atoms with Crippen LogP contribution in [0.3, 0.4) is 0 Å². The average molecular weight is 656 g/mol. The summed E-state index contributed by atoms with van der Waals surface area (Å²) in [7, 11) is -5.76. The second-order valence-corrected chi connectivity index (χ2v) is 14.3. The number of hydrogen-bond donors (Lipinski definition) is 1. The van der Waals surface area contributed by atoms with Crippen molar-refractivity contribution in [2.75, 3.05) is 45.1 Å². The quantitative estimate of drug-likeness (QED) is 0.375. The predicted molar refractivity (Wildman–Crippen MR) is 155 cm³/mol. The molecule has 1 aliphatic rings. The molecule has 0 spiro atoms. The second-order valence-electron chi connectivity index (χ2n) is 9.10. The zero-order valence-electron chi connectivity index (χ0n) is 21.1. The van der Waals surface area contributed by atoms with Gasteiger partial charge in [-0.15, -0.1) is 0 Å². The Morgan fingerprint density at radius 2 is 1.49 bits per heavy atom. The summed E-state index contributed by atoms with van der Waals surface area (Å²) in [5, 5.41) is 3.05. The van der Waals surface area contributed by atoms with Crippen LogP contribution in [0, 0.1) is 0 Å². The zero-order chi connectivity index (χ0) is 28.2. The highest BCUT2D eigenvalue weighted by molar-refractivity contribution is 9.10. The standard InChI is InChI=1S/C26H28BrClN4O5S2/c1-30-14-16-31(17-15-30)38(34,35)24-12-8-22(9-13-24)29-26(33)19-32(18-20-4-2-3-5-25(20)28)39(36,37)23-10-6-21(27)7-11-23/h2-13H,14-19H2,1H3,(H,29,33). The number of nitrogens with one attached hydrogen (secondary N) is 1. The Morgan fingerprint density at radius 3 is 2.10 bits per heavy atom. The molecule has 0 atom stereocenters. The smallest absolute Gasteiger partial charge is 0.243 e. The third-order valence-electron chi connectivity index (χ3n) is 6.31. The van der Waals surface area contributed by atoms with E-state index in [0.717, 1.165) is 8.78 Å². The molecule has 1 aliphatic heterocycles. The third-order valence-corrected chi connectivity index (χ3v) is 10.9. The molecule has 4 rings (SSSR count). The molecule has 1 amide bonds. The highest BCUT2D eigenvalue weighted by atomic mass is 79.9. The van der Waals surface area contributed by atoms with Crippen molar-refractivity contribution < 1.29 is 21.6 Å². The molecule has 0 aromatic heterocycles. The Hall–Kier alpha value is -2.32. The van der Waals surface area contributed by atoms with E-state index in [1.807, 2.05) is 7.05 Å². The molecular formula is C26H28BrClN4O5S2. The van der Waals surface area contributed by atoms with E-state index in [1.165, 1.54) is 40.7 Å². The number of halogens is 2. The van der Waals surface area contributed by atoms with Crippen molar-refractivity contribution in [2.24, 2.45) is 0 Å². The minimum Gasteiger partial charge on any atom is -0.325 e. The van der Waals surface area contributed by atoms with Crippen LogP contribution in [-0.4, -0.2) is 76.0 Å². The fourth-order valence-corrected chi connectivity index (χ4v) is 7.30. The van der Waals surface area contributed by atoms with Crippen LogP contribution in [0.25, 0.3) is 0 Å². The van der Waals surface area contributed by atoms with Crippen LogP contribution >= 0.6 is 27.5 Å². The molecule has 0 aliphatic carbocycles. The highest BCUT2D eigenvalue weighted by Gasteiger charge is 2.29. The molecule has 9 nitrogen and oxygen atoms in total. The van der Waals surface area contributed by atoms with Gasteiger partial charge >= 0.3 is 0 Å². The van der Waals surface area contributed by atoms with Crippen molar-refractivity contribution in [1.82, 2.24) is 13.5 Å². The van der Waals surface area contributed by atoms with E-state index >= 15 is 0 Å². The number of nitrogens with zero attached hydrogens (tertiary/aromatic N) is 3. The van der Waals surface area contributed by atoms with Crippen molar-refractivity contribution in [3.05, 3.63) is 87.9 Å². The van der Waals surface area contributed by atoms with Crippen molar-refractivity contribution in [2.45, 2.75) is 16.3 Å². The van der Waals surface area contributed by atoms with Gasteiger partial charge in [0.1, 0.15) is 0 Å².